The molecule has 3 rings (SSSR count). The molecular weight excluding hydrogens is 528 g/mol. The van der Waals surface area contributed by atoms with Gasteiger partial charge < -0.3 is 25.4 Å². The van der Waals surface area contributed by atoms with Crippen molar-refractivity contribution in [3.8, 4) is 16.2 Å². The fourth-order valence-electron chi connectivity index (χ4n) is 4.42. The highest BCUT2D eigenvalue weighted by atomic mass is 35.5. The van der Waals surface area contributed by atoms with Crippen LogP contribution in [0.15, 0.2) is 23.7 Å². The van der Waals surface area contributed by atoms with E-state index >= 15 is 0 Å². The third-order valence-corrected chi connectivity index (χ3v) is 7.63. The van der Waals surface area contributed by atoms with E-state index in [0.717, 1.165) is 21.7 Å². The molecule has 1 saturated heterocycles. The van der Waals surface area contributed by atoms with Gasteiger partial charge in [0, 0.05) is 37.9 Å². The number of aromatic nitrogens is 1. The molecule has 1 aromatic carbocycles. The van der Waals surface area contributed by atoms with E-state index in [2.05, 4.69) is 15.6 Å². The molecule has 3 amide bonds. The summed E-state index contributed by atoms with van der Waals surface area (Å²) in [5, 5.41) is 16.0. The van der Waals surface area contributed by atoms with Gasteiger partial charge in [0.1, 0.15) is 17.8 Å². The van der Waals surface area contributed by atoms with Gasteiger partial charge in [0.2, 0.25) is 17.7 Å². The van der Waals surface area contributed by atoms with Crippen LogP contribution in [0.3, 0.4) is 0 Å². The minimum absolute atomic E-state index is 0.0266. The van der Waals surface area contributed by atoms with Crippen LogP contribution in [-0.4, -0.2) is 69.9 Å². The molecule has 3 unspecified atom stereocenters. The number of aryl methyl sites for hydroxylation is 1. The predicted molar refractivity (Wildman–Crippen MR) is 148 cm³/mol. The number of carbonyl (C=O) groups is 3. The first-order valence-corrected chi connectivity index (χ1v) is 14.1. The Kier molecular flexibility index (Phi) is 10.1. The first-order chi connectivity index (χ1) is 17.9. The number of nitrogens with zero attached hydrogens (tertiary/aromatic N) is 2. The topological polar surface area (TPSA) is 121 Å². The van der Waals surface area contributed by atoms with Gasteiger partial charge in [-0.3, -0.25) is 14.4 Å². The minimum Gasteiger partial charge on any atom is -0.493 e. The zero-order valence-corrected chi connectivity index (χ0v) is 24.1. The van der Waals surface area contributed by atoms with Crippen LogP contribution in [0.5, 0.6) is 5.75 Å². The van der Waals surface area contributed by atoms with E-state index in [1.165, 1.54) is 11.8 Å². The highest BCUT2D eigenvalue weighted by Crippen LogP contribution is 2.32. The Morgan fingerprint density at radius 1 is 1.32 bits per heavy atom. The average molecular weight is 565 g/mol. The molecule has 11 heteroatoms. The number of amides is 3. The van der Waals surface area contributed by atoms with E-state index in [1.807, 2.05) is 45.9 Å². The smallest absolute Gasteiger partial charge is 0.246 e. The van der Waals surface area contributed by atoms with Crippen molar-refractivity contribution in [2.75, 3.05) is 19.0 Å². The molecule has 9 nitrogen and oxygen atoms in total. The minimum atomic E-state index is -0.851. The van der Waals surface area contributed by atoms with Crippen molar-refractivity contribution in [2.24, 2.45) is 5.41 Å². The number of benzene rings is 1. The number of hydrogen-bond acceptors (Lipinski definition) is 7. The highest BCUT2D eigenvalue weighted by Gasteiger charge is 2.44. The molecule has 1 aliphatic heterocycles. The van der Waals surface area contributed by atoms with Crippen molar-refractivity contribution < 1.29 is 24.2 Å². The lowest BCUT2D eigenvalue weighted by atomic mass is 9.85. The molecule has 0 radical (unpaired) electrons. The lowest BCUT2D eigenvalue weighted by molar-refractivity contribution is -0.143. The van der Waals surface area contributed by atoms with Gasteiger partial charge in [-0.15, -0.1) is 22.9 Å². The lowest BCUT2D eigenvalue weighted by Crippen LogP contribution is -2.57. The van der Waals surface area contributed by atoms with Gasteiger partial charge in [-0.2, -0.15) is 0 Å². The first-order valence-electron chi connectivity index (χ1n) is 12.7. The quantitative estimate of drug-likeness (QED) is 0.301. The molecule has 0 spiro atoms. The Morgan fingerprint density at radius 3 is 2.66 bits per heavy atom. The van der Waals surface area contributed by atoms with Crippen molar-refractivity contribution in [1.29, 1.82) is 0 Å². The second-order valence-electron chi connectivity index (χ2n) is 10.6. The zero-order valence-electron chi connectivity index (χ0n) is 22.5. The number of aliphatic hydroxyl groups is 1. The van der Waals surface area contributed by atoms with Crippen molar-refractivity contribution >= 4 is 40.7 Å². The van der Waals surface area contributed by atoms with E-state index < -0.39 is 29.5 Å². The number of thiazole rings is 1. The molecule has 3 N–H and O–H groups in total. The van der Waals surface area contributed by atoms with Gasteiger partial charge in [0.25, 0.3) is 0 Å². The fourth-order valence-corrected chi connectivity index (χ4v) is 5.33. The maximum atomic E-state index is 13.4. The number of rotatable bonds is 10. The van der Waals surface area contributed by atoms with Gasteiger partial charge in [0.15, 0.2) is 0 Å². The molecule has 1 fully saturated rings. The highest BCUT2D eigenvalue weighted by molar-refractivity contribution is 7.13. The predicted octanol–water partition coefficient (Wildman–Crippen LogP) is 3.26. The molecule has 2 aromatic rings. The number of β-amino-alcohol motifs (C(OH)–C–C–N with tert-alkyl or cyclic N) is 1. The summed E-state index contributed by atoms with van der Waals surface area (Å²) in [6.45, 7) is 9.47. The van der Waals surface area contributed by atoms with Gasteiger partial charge >= 0.3 is 0 Å². The number of carbonyl (C=O) groups excluding carboxylic acids is 3. The third-order valence-electron chi connectivity index (χ3n) is 6.39. The summed E-state index contributed by atoms with van der Waals surface area (Å²) in [5.41, 5.74) is 3.90. The van der Waals surface area contributed by atoms with Crippen LogP contribution >= 0.6 is 22.9 Å². The lowest BCUT2D eigenvalue weighted by Gasteiger charge is -2.35. The van der Waals surface area contributed by atoms with E-state index in [1.54, 1.807) is 16.8 Å². The first kappa shape index (κ1) is 29.9. The summed E-state index contributed by atoms with van der Waals surface area (Å²) in [6, 6.07) is 4.13. The van der Waals surface area contributed by atoms with Crippen molar-refractivity contribution in [2.45, 2.75) is 72.2 Å². The molecule has 1 aliphatic rings. The van der Waals surface area contributed by atoms with Crippen molar-refractivity contribution in [1.82, 2.24) is 20.5 Å². The van der Waals surface area contributed by atoms with E-state index in [0.29, 0.717) is 24.7 Å². The van der Waals surface area contributed by atoms with Crippen molar-refractivity contribution in [3.63, 3.8) is 0 Å². The van der Waals surface area contributed by atoms with Gasteiger partial charge in [0.05, 0.1) is 28.8 Å². The molecule has 0 saturated carbocycles. The number of ether oxygens (including phenoxy) is 1. The van der Waals surface area contributed by atoms with E-state index in [4.69, 9.17) is 16.3 Å². The van der Waals surface area contributed by atoms with Crippen LogP contribution in [0.2, 0.25) is 0 Å². The number of likely N-dealkylation sites (tertiary alicyclic amines) is 1. The van der Waals surface area contributed by atoms with E-state index in [-0.39, 0.29) is 31.3 Å². The molecular formula is C27H37ClN4O5S. The summed E-state index contributed by atoms with van der Waals surface area (Å²) in [7, 11) is 0. The second-order valence-corrected chi connectivity index (χ2v) is 11.8. The summed E-state index contributed by atoms with van der Waals surface area (Å²) in [5.74, 6) is 0.0104. The Balaban J connectivity index is 1.77. The maximum absolute atomic E-state index is 13.4. The fraction of sp³-hybridized carbons (Fsp3) is 0.556. The average Bonchev–Trinajstić information content (AvgIpc) is 3.45. The van der Waals surface area contributed by atoms with Crippen LogP contribution in [0.25, 0.3) is 10.4 Å². The molecule has 208 valence electrons. The number of alkyl halides is 1. The summed E-state index contributed by atoms with van der Waals surface area (Å²) >= 11 is 7.37. The number of nitrogens with one attached hydrogen (secondary N) is 2. The Morgan fingerprint density at radius 2 is 2.05 bits per heavy atom. The monoisotopic (exact) mass is 564 g/mol. The Hall–Kier alpha value is -2.69. The summed E-state index contributed by atoms with van der Waals surface area (Å²) in [4.78, 5) is 45.2. The van der Waals surface area contributed by atoms with Gasteiger partial charge in [-0.25, -0.2) is 4.98 Å². The molecule has 0 bridgehead atoms. The molecule has 2 heterocycles. The van der Waals surface area contributed by atoms with Crippen LogP contribution in [0.1, 0.15) is 51.8 Å². The zero-order chi connectivity index (χ0) is 28.0. The van der Waals surface area contributed by atoms with Crippen LogP contribution < -0.4 is 15.4 Å². The van der Waals surface area contributed by atoms with Gasteiger partial charge in [-0.1, -0.05) is 32.9 Å². The maximum Gasteiger partial charge on any atom is 0.246 e. The standard InChI is InChI=1S/C27H37ClN4O5S/c1-16-23(38-15-30-16)18-7-8-19(22(11-18)37-10-6-9-28)13-29-25(35)21-12-20(34)14-32(21)26(36)24(27(3,4)5)31-17(2)33/h7-8,11,15,20-21,24,34H,6,9-10,12-14H2,1-5H3,(H,29,35)(H,31,33). The number of aliphatic hydroxyl groups excluding tert-OH is 1. The molecule has 38 heavy (non-hydrogen) atoms. The number of hydrogen-bond donors (Lipinski definition) is 3. The normalized spacial score (nSPS) is 18.2. The molecule has 3 atom stereocenters. The molecule has 0 aliphatic carbocycles. The second kappa shape index (κ2) is 12.9. The van der Waals surface area contributed by atoms with Crippen LogP contribution in [0, 0.1) is 12.3 Å². The van der Waals surface area contributed by atoms with Gasteiger partial charge in [-0.05, 0) is 30.4 Å². The van der Waals surface area contributed by atoms with Crippen LogP contribution in [-0.2, 0) is 20.9 Å². The largest absolute Gasteiger partial charge is 0.493 e. The summed E-state index contributed by atoms with van der Waals surface area (Å²) < 4.78 is 6.00. The van der Waals surface area contributed by atoms with E-state index in [9.17, 15) is 19.5 Å². The molecule has 1 aromatic heterocycles. The Bertz CT molecular complexity index is 1150. The van der Waals surface area contributed by atoms with Crippen LogP contribution in [0.4, 0.5) is 0 Å². The summed E-state index contributed by atoms with van der Waals surface area (Å²) in [6.07, 6.45) is -0.0294. The Labute approximate surface area is 232 Å². The number of halogens is 1. The van der Waals surface area contributed by atoms with Crippen molar-refractivity contribution in [3.05, 3.63) is 35.0 Å². The third kappa shape index (κ3) is 7.45. The SMILES string of the molecule is CC(=O)NC(C(=O)N1CC(O)CC1C(=O)NCc1ccc(-c2scnc2C)cc1OCCCCl)C(C)(C)C.